The average Bonchev–Trinajstić information content (AvgIpc) is 1.47. The Morgan fingerprint density at radius 3 is 2.06 bits per heavy atom. The summed E-state index contributed by atoms with van der Waals surface area (Å²) in [5.74, 6) is -3.73. The fourth-order valence-corrected chi connectivity index (χ4v) is 23.1. The number of phenols is 2. The number of nitrogens with zero attached hydrogens (tertiary/aromatic N) is 3. The maximum Gasteiger partial charge on any atom is 0.344 e. The number of nitrogens with two attached hydrogens (primary N) is 1. The van der Waals surface area contributed by atoms with Crippen molar-refractivity contribution in [2.45, 2.75) is 188 Å². The normalized spacial score (nSPS) is 29.5. The zero-order valence-electron chi connectivity index (χ0n) is 74.2. The Balaban J connectivity index is 0.000000166. The fourth-order valence-electron chi connectivity index (χ4n) is 23.1. The maximum absolute atomic E-state index is 15.3. The number of benzene rings is 5. The molecule has 1 saturated carbocycles. The van der Waals surface area contributed by atoms with Gasteiger partial charge in [0.2, 0.25) is 28.5 Å². The number of aromatic amines is 1. The number of halogens is 1. The number of hydrogen-bond acceptors (Lipinski definition) is 30. The lowest BCUT2D eigenvalue weighted by molar-refractivity contribution is -0.247. The third-order valence-electron chi connectivity index (χ3n) is 28.5. The molecular weight excluding hydrogens is 1680 g/mol. The lowest BCUT2D eigenvalue weighted by Gasteiger charge is -2.63. The summed E-state index contributed by atoms with van der Waals surface area (Å²) in [7, 11) is 13.6. The van der Waals surface area contributed by atoms with E-state index in [1.807, 2.05) is 62.2 Å². The van der Waals surface area contributed by atoms with Crippen LogP contribution in [-0.4, -0.2) is 254 Å². The van der Waals surface area contributed by atoms with Gasteiger partial charge in [-0.2, -0.15) is 0 Å². The molecule has 6 aliphatic heterocycles. The summed E-state index contributed by atoms with van der Waals surface area (Å²) in [6, 6.07) is 21.2. The molecule has 7 heterocycles. The van der Waals surface area contributed by atoms with Crippen LogP contribution in [0, 0.1) is 11.3 Å². The van der Waals surface area contributed by atoms with Crippen molar-refractivity contribution in [3.8, 4) is 57.1 Å². The highest BCUT2D eigenvalue weighted by Gasteiger charge is 2.81. The number of amides is 1. The molecule has 2 bridgehead atoms. The van der Waals surface area contributed by atoms with Crippen LogP contribution in [0.1, 0.15) is 175 Å². The zero-order valence-corrected chi connectivity index (χ0v) is 75.0. The molecule has 10 aliphatic rings. The van der Waals surface area contributed by atoms with Crippen LogP contribution in [0.4, 0.5) is 5.69 Å². The number of ether oxygens (including phenoxy) is 11. The van der Waals surface area contributed by atoms with Gasteiger partial charge in [0.25, 0.3) is 0 Å². The number of rotatable bonds is 17. The second-order valence-corrected chi connectivity index (χ2v) is 35.1. The minimum absolute atomic E-state index is 0. The first-order valence-electron chi connectivity index (χ1n) is 42.9. The highest BCUT2D eigenvalue weighted by Crippen LogP contribution is 2.69. The largest absolute Gasteiger partial charge is 0.507 e. The van der Waals surface area contributed by atoms with Gasteiger partial charge < -0.3 is 109 Å². The number of phenolic OH excluding ortho intramolecular Hbond substituents is 2. The molecule has 7 aromatic rings. The number of aryl methyl sites for hydroxylation is 1. The monoisotopic (exact) mass is 1790 g/mol. The number of piperidine rings is 1. The summed E-state index contributed by atoms with van der Waals surface area (Å²) >= 11 is 0. The van der Waals surface area contributed by atoms with E-state index in [0.29, 0.717) is 118 Å². The Kier molecular flexibility index (Phi) is 26.0. The molecule has 17 atom stereocenters. The summed E-state index contributed by atoms with van der Waals surface area (Å²) in [6.07, 6.45) is 2.09. The zero-order chi connectivity index (χ0) is 91.4. The van der Waals surface area contributed by atoms with Crippen molar-refractivity contribution in [1.29, 1.82) is 0 Å². The lowest BCUT2D eigenvalue weighted by atomic mass is 9.47. The minimum Gasteiger partial charge on any atom is -0.507 e. The fraction of sp³-hybridized carbons (Fsp3) is 0.495. The van der Waals surface area contributed by atoms with Gasteiger partial charge in [-0.25, -0.2) is 4.79 Å². The van der Waals surface area contributed by atoms with Gasteiger partial charge in [0.15, 0.2) is 41.2 Å². The Labute approximate surface area is 746 Å². The number of para-hydroxylation sites is 1. The number of fused-ring (bicyclic) bond motifs is 12. The lowest BCUT2D eigenvalue weighted by Crippen LogP contribution is -2.81. The van der Waals surface area contributed by atoms with Crippen molar-refractivity contribution in [2.24, 2.45) is 17.1 Å². The predicted molar refractivity (Wildman–Crippen MR) is 469 cm³/mol. The van der Waals surface area contributed by atoms with Gasteiger partial charge in [-0.15, -0.1) is 12.4 Å². The first-order valence-corrected chi connectivity index (χ1v) is 42.9. The second kappa shape index (κ2) is 35.6. The number of methoxy groups -OCH3 is 8. The molecule has 17 rings (SSSR count). The van der Waals surface area contributed by atoms with Crippen LogP contribution >= 0.6 is 12.4 Å². The number of aromatic nitrogens is 1. The van der Waals surface area contributed by atoms with E-state index >= 15 is 4.79 Å². The number of H-pyrrole nitrogens is 1. The summed E-state index contributed by atoms with van der Waals surface area (Å²) < 4.78 is 62.9. The number of anilines is 1. The predicted octanol–water partition coefficient (Wildman–Crippen LogP) is 7.29. The van der Waals surface area contributed by atoms with Crippen molar-refractivity contribution >= 4 is 70.2 Å². The van der Waals surface area contributed by atoms with Crippen LogP contribution in [-0.2, 0) is 77.7 Å². The molecule has 686 valence electrons. The second-order valence-electron chi connectivity index (χ2n) is 35.1. The van der Waals surface area contributed by atoms with Crippen LogP contribution in [0.5, 0.6) is 46.0 Å². The molecular formula is C95H113ClN6O26. The van der Waals surface area contributed by atoms with Crippen LogP contribution < -0.4 is 49.8 Å². The molecule has 1 aromatic heterocycles. The Morgan fingerprint density at radius 2 is 1.41 bits per heavy atom. The van der Waals surface area contributed by atoms with Crippen molar-refractivity contribution in [3.63, 3.8) is 0 Å². The highest BCUT2D eigenvalue weighted by molar-refractivity contribution is 6.31. The van der Waals surface area contributed by atoms with Gasteiger partial charge >= 0.3 is 17.9 Å². The highest BCUT2D eigenvalue weighted by atomic mass is 35.5. The summed E-state index contributed by atoms with van der Waals surface area (Å²) in [4.78, 5) is 117. The molecule has 4 fully saturated rings. The molecule has 3 saturated heterocycles. The summed E-state index contributed by atoms with van der Waals surface area (Å²) in [6.45, 7) is 10.6. The van der Waals surface area contributed by atoms with Crippen LogP contribution in [0.2, 0.25) is 0 Å². The summed E-state index contributed by atoms with van der Waals surface area (Å²) in [5.41, 5.74) is 3.76. The molecule has 6 aromatic carbocycles. The number of Topliss-reactive ketones (excluding diaryl/α,β-unsaturated/α-hetero) is 1. The molecule has 1 spiro atoms. The van der Waals surface area contributed by atoms with Crippen molar-refractivity contribution in [2.75, 3.05) is 108 Å². The molecule has 4 aliphatic carbocycles. The first kappa shape index (κ1) is 93.4. The molecule has 128 heavy (non-hydrogen) atoms. The SMILES string of the molecule is CC[C@]1(O)C[C@@H]2CN(CCc3c([nH]c4ccccc34)[C@@](C(=O)OC)(c3cc4c(cc3OC)N(C)[C@H]3[C@@](O)(C(=O)OC)[C@H](OC(C)=O)[C@]5(CC)C=CCN6CC[C@]43[C@@H]65)C2)C1.COc1cc2c(c(OC)c1OC)-c1ccc(OC)c(=O)cc1[C@@H](NC(C)=O)CC2.COc1cccc2c1C(=O)c1c(O)c3c(c(O)c1C2=O)C[C@@](O)(C(=O)CO)C[C@@H]3O[C@H]1C[C@H](N)[C@H](O)[C@H](C)O1.Cl. The van der Waals surface area contributed by atoms with Crippen LogP contribution in [0.3, 0.4) is 0 Å². The van der Waals surface area contributed by atoms with Gasteiger partial charge in [0.1, 0.15) is 40.6 Å². The number of ketones is 3. The van der Waals surface area contributed by atoms with E-state index < -0.39 is 153 Å². The van der Waals surface area contributed by atoms with Gasteiger partial charge in [0.05, 0.1) is 110 Å². The van der Waals surface area contributed by atoms with E-state index in [1.54, 1.807) is 41.4 Å². The van der Waals surface area contributed by atoms with E-state index in [1.165, 1.54) is 66.6 Å². The smallest absolute Gasteiger partial charge is 0.344 e. The third-order valence-corrected chi connectivity index (χ3v) is 28.5. The number of aromatic hydroxyl groups is 2. The van der Waals surface area contributed by atoms with Crippen molar-refractivity contribution in [3.05, 3.63) is 168 Å². The van der Waals surface area contributed by atoms with Crippen molar-refractivity contribution < 1.29 is 121 Å². The van der Waals surface area contributed by atoms with Crippen molar-refractivity contribution in [1.82, 2.24) is 20.1 Å². The number of aliphatic hydroxyl groups excluding tert-OH is 2. The Hall–Kier alpha value is -10.8. The molecule has 1 amide bonds. The Morgan fingerprint density at radius 1 is 0.711 bits per heavy atom. The quantitative estimate of drug-likeness (QED) is 0.0185. The van der Waals surface area contributed by atoms with Gasteiger partial charge in [0, 0.05) is 145 Å². The molecule has 11 N–H and O–H groups in total. The molecule has 32 nitrogen and oxygen atoms in total. The molecule has 0 radical (unpaired) electrons. The number of hydrogen-bond donors (Lipinski definition) is 10. The number of carbonyl (C=O) groups is 7. The maximum atomic E-state index is 15.3. The van der Waals surface area contributed by atoms with Gasteiger partial charge in [-0.1, -0.05) is 62.4 Å². The van der Waals surface area contributed by atoms with Gasteiger partial charge in [-0.05, 0) is 135 Å². The number of esters is 3. The van der Waals surface area contributed by atoms with E-state index in [2.05, 4.69) is 44.4 Å². The first-order chi connectivity index (χ1) is 60.6. The third kappa shape index (κ3) is 14.8. The van der Waals surface area contributed by atoms with E-state index in [0.717, 1.165) is 50.1 Å². The van der Waals surface area contributed by atoms with E-state index in [4.69, 9.17) is 57.8 Å². The molecule has 1 unspecified atom stereocenters. The number of aliphatic hydroxyl groups is 5. The standard InChI is InChI=1S/C46H58N4O9.C27H29NO11.C22H25NO6.ClH/c1-8-42(54)23-28-24-45(40(52)57-6,36-30(15-19-49(25-28)26-42)29-13-10-11-14-33(29)47-36)32-21-31-34(22-35(32)56-5)48(4)38-44(31)17-20-50-18-12-16-43(9-2,37(44)50)39(59-27(3)51)46(38,55)41(53)58-7;1-10-22(31)13(28)6-17(38-10)39-15-8-27(36,16(30)9-29)7-12-19(15)26(35)21-20(24(12)33)23(32)11-4-3-5-14(37-2)18(11)25(21)34;1-12(24)23-16-8-6-13-10-19(27-3)21(28-4)22(29-5)20(13)14-7-9-18(26-2)17(25)11-15(14)16;/h10-14,16,21-22,28,37-39,47,54-55H,8-9,15,17-20,23-26H2,1-7H3;3-5,10,13,15,17,22,29,31,33,35-36H,6-9,28H2,1-2H3;7,9-11,16H,6,8H2,1-5H3,(H,23,24);1H/t28-,37-,38+,39+,42-,43+,44+,45-,46-;10-,13-,15-,17-,22+,27-;16-;/m000./s1. The van der Waals surface area contributed by atoms with Crippen LogP contribution in [0.25, 0.3) is 22.0 Å². The van der Waals surface area contributed by atoms with Gasteiger partial charge in [-0.3, -0.25) is 43.4 Å². The number of nitrogens with one attached hydrogen (secondary N) is 2. The average molecular weight is 1790 g/mol. The molecule has 33 heteroatoms. The number of carbonyl (C=O) groups excluding carboxylic acids is 7. The topological polar surface area (TPSA) is 443 Å². The Bertz CT molecular complexity index is 5690. The van der Waals surface area contributed by atoms with E-state index in [9.17, 15) is 69.3 Å². The minimum atomic E-state index is -2.30. The summed E-state index contributed by atoms with van der Waals surface area (Å²) in [5, 5.41) is 83.0. The van der Waals surface area contributed by atoms with E-state index in [-0.39, 0.29) is 81.9 Å². The van der Waals surface area contributed by atoms with Crippen LogP contribution in [0.15, 0.2) is 95.8 Å². The number of likely N-dealkylation sites (N-methyl/N-ethyl adjacent to an activating group) is 1.